The van der Waals surface area contributed by atoms with Gasteiger partial charge in [-0.25, -0.2) is 13.9 Å². The predicted octanol–water partition coefficient (Wildman–Crippen LogP) is 2.99. The van der Waals surface area contributed by atoms with Crippen molar-refractivity contribution < 1.29 is 13.9 Å². The zero-order valence-electron chi connectivity index (χ0n) is 13.5. The van der Waals surface area contributed by atoms with Gasteiger partial charge in [-0.15, -0.1) is 5.10 Å². The van der Waals surface area contributed by atoms with Gasteiger partial charge in [0.15, 0.2) is 0 Å². The van der Waals surface area contributed by atoms with Gasteiger partial charge >= 0.3 is 5.97 Å². The van der Waals surface area contributed by atoms with Crippen LogP contribution in [0.25, 0.3) is 0 Å². The van der Waals surface area contributed by atoms with E-state index in [2.05, 4.69) is 15.4 Å². The van der Waals surface area contributed by atoms with Crippen LogP contribution in [0.15, 0.2) is 40.7 Å². The van der Waals surface area contributed by atoms with Crippen molar-refractivity contribution >= 4 is 23.7 Å². The molecule has 0 unspecified atom stereocenters. The van der Waals surface area contributed by atoms with E-state index < -0.39 is 17.8 Å². The van der Waals surface area contributed by atoms with E-state index in [1.165, 1.54) is 29.6 Å². The van der Waals surface area contributed by atoms with Gasteiger partial charge in [-0.1, -0.05) is 36.9 Å². The highest BCUT2D eigenvalue weighted by atomic mass is 32.2. The molecule has 0 radical (unpaired) electrons. The van der Waals surface area contributed by atoms with Gasteiger partial charge in [-0.05, 0) is 18.7 Å². The molecule has 0 saturated heterocycles. The van der Waals surface area contributed by atoms with E-state index in [0.29, 0.717) is 34.4 Å². The lowest BCUT2D eigenvalue weighted by Crippen LogP contribution is -2.30. The molecule has 126 valence electrons. The lowest BCUT2D eigenvalue weighted by Gasteiger charge is -2.28. The molecule has 0 spiro atoms. The van der Waals surface area contributed by atoms with E-state index in [-0.39, 0.29) is 0 Å². The Balaban J connectivity index is 2.26. The van der Waals surface area contributed by atoms with E-state index in [4.69, 9.17) is 4.74 Å². The van der Waals surface area contributed by atoms with Crippen molar-refractivity contribution in [2.75, 3.05) is 18.7 Å². The Hall–Kier alpha value is -2.35. The fourth-order valence-corrected chi connectivity index (χ4v) is 3.10. The average molecular weight is 348 g/mol. The van der Waals surface area contributed by atoms with Crippen molar-refractivity contribution in [2.45, 2.75) is 24.5 Å². The maximum Gasteiger partial charge on any atom is 0.338 e. The number of allylic oxidation sites excluding steroid dienone is 1. The predicted molar refractivity (Wildman–Crippen MR) is 89.3 cm³/mol. The van der Waals surface area contributed by atoms with Crippen LogP contribution in [0.2, 0.25) is 0 Å². The molecule has 3 rings (SSSR count). The number of nitrogens with one attached hydrogen (secondary N) is 1. The first-order valence-corrected chi connectivity index (χ1v) is 8.66. The third kappa shape index (κ3) is 2.66. The largest absolute Gasteiger partial charge is 0.466 e. The summed E-state index contributed by atoms with van der Waals surface area (Å²) in [4.78, 5) is 16.8. The van der Waals surface area contributed by atoms with Gasteiger partial charge in [0.25, 0.3) is 0 Å². The maximum absolute atomic E-state index is 14.5. The number of nitrogens with zero attached hydrogens (tertiary/aromatic N) is 3. The van der Waals surface area contributed by atoms with Crippen LogP contribution in [0.1, 0.15) is 24.9 Å². The van der Waals surface area contributed by atoms with Gasteiger partial charge in [0.1, 0.15) is 11.9 Å². The summed E-state index contributed by atoms with van der Waals surface area (Å²) in [6, 6.07) is 5.62. The number of carbonyl (C=O) groups is 1. The molecule has 0 saturated carbocycles. The normalized spacial score (nSPS) is 16.6. The first-order valence-electron chi connectivity index (χ1n) is 7.44. The standard InChI is InChI=1S/C16H17FN4O2S/c1-4-11-12(14(22)23-2)13(9-7-5-6-8-10(9)17)21-15(18-11)19-16(20-21)24-3/h5-8,13H,4H2,1-3H3,(H,18,19,20)/t13-/m1/s1. The van der Waals surface area contributed by atoms with E-state index in [1.807, 2.05) is 13.2 Å². The molecular formula is C16H17FN4O2S. The Morgan fingerprint density at radius 3 is 2.83 bits per heavy atom. The molecule has 1 atom stereocenters. The molecule has 1 aromatic heterocycles. The highest BCUT2D eigenvalue weighted by molar-refractivity contribution is 7.98. The lowest BCUT2D eigenvalue weighted by atomic mass is 9.94. The Bertz CT molecular complexity index is 818. The van der Waals surface area contributed by atoms with Crippen LogP contribution in [0.5, 0.6) is 0 Å². The smallest absolute Gasteiger partial charge is 0.338 e. The molecule has 6 nitrogen and oxygen atoms in total. The molecule has 1 aliphatic rings. The number of ether oxygens (including phenoxy) is 1. The first-order chi connectivity index (χ1) is 11.6. The van der Waals surface area contributed by atoms with Crippen molar-refractivity contribution in [3.05, 3.63) is 46.9 Å². The van der Waals surface area contributed by atoms with Crippen LogP contribution in [0, 0.1) is 5.82 Å². The number of halogens is 1. The highest BCUT2D eigenvalue weighted by Crippen LogP contribution is 2.38. The number of esters is 1. The quantitative estimate of drug-likeness (QED) is 0.677. The third-order valence-corrected chi connectivity index (χ3v) is 4.40. The van der Waals surface area contributed by atoms with Gasteiger partial charge in [0.2, 0.25) is 11.1 Å². The van der Waals surface area contributed by atoms with Crippen molar-refractivity contribution in [1.29, 1.82) is 0 Å². The zero-order valence-corrected chi connectivity index (χ0v) is 14.4. The Kier molecular flexibility index (Phi) is 4.57. The lowest BCUT2D eigenvalue weighted by molar-refractivity contribution is -0.136. The topological polar surface area (TPSA) is 69.0 Å². The van der Waals surface area contributed by atoms with Crippen LogP contribution >= 0.6 is 11.8 Å². The summed E-state index contributed by atoms with van der Waals surface area (Å²) in [5.74, 6) is -0.440. The number of aromatic nitrogens is 3. The summed E-state index contributed by atoms with van der Waals surface area (Å²) in [5, 5.41) is 8.06. The molecule has 1 aliphatic heterocycles. The van der Waals surface area contributed by atoms with Gasteiger partial charge < -0.3 is 10.1 Å². The summed E-state index contributed by atoms with van der Waals surface area (Å²) in [5.41, 5.74) is 1.35. The van der Waals surface area contributed by atoms with Gasteiger partial charge in [-0.3, -0.25) is 0 Å². The Morgan fingerprint density at radius 1 is 1.46 bits per heavy atom. The molecule has 8 heteroatoms. The highest BCUT2D eigenvalue weighted by Gasteiger charge is 2.36. The Morgan fingerprint density at radius 2 is 2.21 bits per heavy atom. The number of methoxy groups -OCH3 is 1. The summed E-state index contributed by atoms with van der Waals surface area (Å²) < 4.78 is 20.9. The monoisotopic (exact) mass is 348 g/mol. The second-order valence-corrected chi connectivity index (χ2v) is 5.93. The fraction of sp³-hybridized carbons (Fsp3) is 0.312. The van der Waals surface area contributed by atoms with Crippen LogP contribution in [0.3, 0.4) is 0 Å². The average Bonchev–Trinajstić information content (AvgIpc) is 3.03. The van der Waals surface area contributed by atoms with E-state index in [9.17, 15) is 9.18 Å². The summed E-state index contributed by atoms with van der Waals surface area (Å²) in [6.45, 7) is 1.91. The van der Waals surface area contributed by atoms with E-state index >= 15 is 0 Å². The van der Waals surface area contributed by atoms with Gasteiger partial charge in [0, 0.05) is 11.3 Å². The molecule has 0 aliphatic carbocycles. The van der Waals surface area contributed by atoms with Crippen LogP contribution < -0.4 is 5.32 Å². The fourth-order valence-electron chi connectivity index (χ4n) is 2.75. The second-order valence-electron chi connectivity index (χ2n) is 5.15. The summed E-state index contributed by atoms with van der Waals surface area (Å²) >= 11 is 1.38. The van der Waals surface area contributed by atoms with E-state index in [0.717, 1.165) is 0 Å². The zero-order chi connectivity index (χ0) is 17.3. The SMILES string of the molecule is CCC1=C(C(=O)OC)[C@@H](c2ccccc2F)n2nc(SC)nc2N1. The van der Waals surface area contributed by atoms with Crippen LogP contribution in [0.4, 0.5) is 10.3 Å². The van der Waals surface area contributed by atoms with E-state index in [1.54, 1.807) is 18.2 Å². The molecule has 0 amide bonds. The first kappa shape index (κ1) is 16.5. The van der Waals surface area contributed by atoms with Crippen LogP contribution in [-0.4, -0.2) is 34.1 Å². The number of hydrogen-bond acceptors (Lipinski definition) is 6. The maximum atomic E-state index is 14.5. The molecule has 0 fully saturated rings. The molecule has 1 N–H and O–H groups in total. The van der Waals surface area contributed by atoms with Crippen molar-refractivity contribution in [3.63, 3.8) is 0 Å². The molecule has 2 heterocycles. The number of thioether (sulfide) groups is 1. The minimum Gasteiger partial charge on any atom is -0.466 e. The van der Waals surface area contributed by atoms with Crippen molar-refractivity contribution in [2.24, 2.45) is 0 Å². The number of anilines is 1. The number of benzene rings is 1. The molecule has 0 bridgehead atoms. The third-order valence-electron chi connectivity index (χ3n) is 3.86. The van der Waals surface area contributed by atoms with Crippen molar-refractivity contribution in [1.82, 2.24) is 14.8 Å². The van der Waals surface area contributed by atoms with Gasteiger partial charge in [0.05, 0.1) is 12.7 Å². The summed E-state index contributed by atoms with van der Waals surface area (Å²) in [7, 11) is 1.31. The molecular weight excluding hydrogens is 331 g/mol. The van der Waals surface area contributed by atoms with Crippen LogP contribution in [-0.2, 0) is 9.53 Å². The molecule has 1 aromatic carbocycles. The number of rotatable bonds is 4. The van der Waals surface area contributed by atoms with Crippen molar-refractivity contribution in [3.8, 4) is 0 Å². The molecule has 2 aromatic rings. The number of carbonyl (C=O) groups excluding carboxylic acids is 1. The van der Waals surface area contributed by atoms with Gasteiger partial charge in [-0.2, -0.15) is 4.98 Å². The minimum atomic E-state index is -0.724. The second kappa shape index (κ2) is 6.64. The number of hydrogen-bond donors (Lipinski definition) is 1. The minimum absolute atomic E-state index is 0.343. The molecule has 24 heavy (non-hydrogen) atoms. The number of fused-ring (bicyclic) bond motifs is 1. The Labute approximate surface area is 143 Å². The summed E-state index contributed by atoms with van der Waals surface area (Å²) in [6.07, 6.45) is 2.41.